The van der Waals surface area contributed by atoms with E-state index in [2.05, 4.69) is 10.3 Å². The molecule has 0 aliphatic heterocycles. The Balaban J connectivity index is 1.62. The fourth-order valence-electron chi connectivity index (χ4n) is 2.23. The number of rotatable bonds is 4. The molecule has 1 aromatic heterocycles. The second kappa shape index (κ2) is 7.51. The van der Waals surface area contributed by atoms with Crippen LogP contribution in [0.15, 0.2) is 54.6 Å². The minimum Gasteiger partial charge on any atom is -0.451 e. The number of anilines is 1. The molecule has 1 amide bonds. The van der Waals surface area contributed by atoms with Gasteiger partial charge in [-0.25, -0.2) is 9.78 Å². The molecule has 1 heterocycles. The fourth-order valence-corrected chi connectivity index (χ4v) is 2.56. The molecule has 0 atom stereocenters. The first-order valence-electron chi connectivity index (χ1n) is 7.31. The topological polar surface area (TPSA) is 68.3 Å². The fraction of sp³-hybridized carbons (Fsp3) is 0.0556. The number of hydrogen-bond acceptors (Lipinski definition) is 4. The number of fused-ring (bicyclic) bond motifs is 1. The van der Waals surface area contributed by atoms with Crippen LogP contribution >= 0.6 is 23.2 Å². The van der Waals surface area contributed by atoms with Gasteiger partial charge >= 0.3 is 5.97 Å². The molecule has 0 unspecified atom stereocenters. The number of amides is 1. The number of ether oxygens (including phenoxy) is 1. The summed E-state index contributed by atoms with van der Waals surface area (Å²) in [7, 11) is 0. The zero-order valence-electron chi connectivity index (χ0n) is 12.8. The van der Waals surface area contributed by atoms with Gasteiger partial charge in [0.25, 0.3) is 5.91 Å². The molecule has 2 aromatic carbocycles. The lowest BCUT2D eigenvalue weighted by molar-refractivity contribution is -0.119. The smallest absolute Gasteiger partial charge is 0.359 e. The number of esters is 1. The predicted molar refractivity (Wildman–Crippen MR) is 97.1 cm³/mol. The molecule has 0 fully saturated rings. The van der Waals surface area contributed by atoms with Crippen molar-refractivity contribution in [2.45, 2.75) is 0 Å². The molecule has 0 aliphatic carbocycles. The van der Waals surface area contributed by atoms with Crippen molar-refractivity contribution in [1.29, 1.82) is 0 Å². The minimum absolute atomic E-state index is 0.101. The zero-order valence-corrected chi connectivity index (χ0v) is 14.3. The normalized spacial score (nSPS) is 10.5. The lowest BCUT2D eigenvalue weighted by Gasteiger charge is -2.08. The molecule has 126 valence electrons. The van der Waals surface area contributed by atoms with E-state index >= 15 is 0 Å². The van der Waals surface area contributed by atoms with Crippen molar-refractivity contribution in [3.05, 3.63) is 70.5 Å². The molecule has 3 rings (SSSR count). The highest BCUT2D eigenvalue weighted by Gasteiger charge is 2.16. The van der Waals surface area contributed by atoms with E-state index in [1.165, 1.54) is 12.1 Å². The first kappa shape index (κ1) is 17.2. The molecule has 0 spiro atoms. The van der Waals surface area contributed by atoms with Crippen LogP contribution in [0.1, 0.15) is 10.5 Å². The Hall–Kier alpha value is -2.63. The zero-order chi connectivity index (χ0) is 17.8. The van der Waals surface area contributed by atoms with Gasteiger partial charge in [0.1, 0.15) is 5.15 Å². The predicted octanol–water partition coefficient (Wildman–Crippen LogP) is 4.34. The Morgan fingerprint density at radius 1 is 1.00 bits per heavy atom. The first-order chi connectivity index (χ1) is 12.0. The lowest BCUT2D eigenvalue weighted by atomic mass is 10.1. The highest BCUT2D eigenvalue weighted by Crippen LogP contribution is 2.19. The Kier molecular flexibility index (Phi) is 5.16. The van der Waals surface area contributed by atoms with Crippen LogP contribution in [0.4, 0.5) is 5.69 Å². The maximum absolute atomic E-state index is 12.0. The molecule has 25 heavy (non-hydrogen) atoms. The van der Waals surface area contributed by atoms with Gasteiger partial charge in [-0.2, -0.15) is 0 Å². The van der Waals surface area contributed by atoms with Gasteiger partial charge in [-0.3, -0.25) is 4.79 Å². The molecule has 0 saturated carbocycles. The van der Waals surface area contributed by atoms with Crippen molar-refractivity contribution in [1.82, 2.24) is 4.98 Å². The van der Waals surface area contributed by atoms with Crippen LogP contribution in [0.25, 0.3) is 10.8 Å². The van der Waals surface area contributed by atoms with Crippen molar-refractivity contribution in [2.75, 3.05) is 11.9 Å². The molecule has 1 N–H and O–H groups in total. The van der Waals surface area contributed by atoms with E-state index in [1.54, 1.807) is 6.07 Å². The monoisotopic (exact) mass is 374 g/mol. The molecular weight excluding hydrogens is 363 g/mol. The lowest BCUT2D eigenvalue weighted by Crippen LogP contribution is -2.21. The van der Waals surface area contributed by atoms with E-state index in [0.717, 1.165) is 10.8 Å². The van der Waals surface area contributed by atoms with Gasteiger partial charge in [0, 0.05) is 5.69 Å². The maximum atomic E-state index is 12.0. The summed E-state index contributed by atoms with van der Waals surface area (Å²) >= 11 is 11.6. The standard InChI is InChI=1S/C18H12Cl2N2O3/c19-14-7-8-15(20)22-17(14)18(24)25-10-16(23)21-13-6-5-11-3-1-2-4-12(11)9-13/h1-9H,10H2,(H,21,23). The van der Waals surface area contributed by atoms with Gasteiger partial charge in [-0.1, -0.05) is 53.5 Å². The van der Waals surface area contributed by atoms with Crippen LogP contribution in [0.5, 0.6) is 0 Å². The van der Waals surface area contributed by atoms with Crippen LogP contribution in [-0.4, -0.2) is 23.5 Å². The average molecular weight is 375 g/mol. The van der Waals surface area contributed by atoms with Crippen LogP contribution in [-0.2, 0) is 9.53 Å². The van der Waals surface area contributed by atoms with E-state index in [9.17, 15) is 9.59 Å². The highest BCUT2D eigenvalue weighted by atomic mass is 35.5. The van der Waals surface area contributed by atoms with E-state index < -0.39 is 18.5 Å². The van der Waals surface area contributed by atoms with Crippen molar-refractivity contribution < 1.29 is 14.3 Å². The summed E-state index contributed by atoms with van der Waals surface area (Å²) in [5.74, 6) is -1.29. The van der Waals surface area contributed by atoms with Gasteiger partial charge in [0.05, 0.1) is 5.02 Å². The Morgan fingerprint density at radius 3 is 2.56 bits per heavy atom. The second-order valence-corrected chi connectivity index (χ2v) is 5.95. The average Bonchev–Trinajstić information content (AvgIpc) is 2.61. The van der Waals surface area contributed by atoms with Crippen molar-refractivity contribution in [3.63, 3.8) is 0 Å². The molecular formula is C18H12Cl2N2O3. The Morgan fingerprint density at radius 2 is 1.76 bits per heavy atom. The van der Waals surface area contributed by atoms with Crippen LogP contribution in [0, 0.1) is 0 Å². The molecule has 7 heteroatoms. The van der Waals surface area contributed by atoms with Gasteiger partial charge in [-0.05, 0) is 35.0 Å². The molecule has 5 nitrogen and oxygen atoms in total. The summed E-state index contributed by atoms with van der Waals surface area (Å²) in [4.78, 5) is 27.7. The third-order valence-electron chi connectivity index (χ3n) is 3.37. The third-order valence-corrected chi connectivity index (χ3v) is 3.89. The van der Waals surface area contributed by atoms with Crippen LogP contribution in [0.2, 0.25) is 10.2 Å². The molecule has 3 aromatic rings. The number of halogens is 2. The number of carbonyl (C=O) groups excluding carboxylic acids is 2. The summed E-state index contributed by atoms with van der Waals surface area (Å²) in [6.45, 7) is -0.462. The van der Waals surface area contributed by atoms with Gasteiger partial charge in [0.15, 0.2) is 12.3 Å². The number of hydrogen-bond donors (Lipinski definition) is 1. The summed E-state index contributed by atoms with van der Waals surface area (Å²) < 4.78 is 4.93. The summed E-state index contributed by atoms with van der Waals surface area (Å²) in [5, 5.41) is 4.94. The number of nitrogens with zero attached hydrogens (tertiary/aromatic N) is 1. The molecule has 0 bridgehead atoms. The minimum atomic E-state index is -0.818. The van der Waals surface area contributed by atoms with Crippen LogP contribution in [0.3, 0.4) is 0 Å². The Bertz CT molecular complexity index is 960. The van der Waals surface area contributed by atoms with Gasteiger partial charge in [0.2, 0.25) is 0 Å². The van der Waals surface area contributed by atoms with Crippen LogP contribution < -0.4 is 5.32 Å². The number of benzene rings is 2. The third kappa shape index (κ3) is 4.26. The maximum Gasteiger partial charge on any atom is 0.359 e. The van der Waals surface area contributed by atoms with E-state index in [0.29, 0.717) is 5.69 Å². The second-order valence-electron chi connectivity index (χ2n) is 5.15. The first-order valence-corrected chi connectivity index (χ1v) is 8.06. The summed E-state index contributed by atoms with van der Waals surface area (Å²) in [6, 6.07) is 16.2. The SMILES string of the molecule is O=C(COC(=O)c1nc(Cl)ccc1Cl)Nc1ccc2ccccc2c1. The highest BCUT2D eigenvalue weighted by molar-refractivity contribution is 6.34. The number of aromatic nitrogens is 1. The summed E-state index contributed by atoms with van der Waals surface area (Å²) in [6.07, 6.45) is 0. The van der Waals surface area contributed by atoms with E-state index in [4.69, 9.17) is 27.9 Å². The molecule has 0 saturated heterocycles. The van der Waals surface area contributed by atoms with Gasteiger partial charge in [-0.15, -0.1) is 0 Å². The van der Waals surface area contributed by atoms with Crippen molar-refractivity contribution >= 4 is 51.5 Å². The van der Waals surface area contributed by atoms with Crippen molar-refractivity contribution in [3.8, 4) is 0 Å². The van der Waals surface area contributed by atoms with Gasteiger partial charge < -0.3 is 10.1 Å². The largest absolute Gasteiger partial charge is 0.451 e. The molecule has 0 aliphatic rings. The number of carbonyl (C=O) groups is 2. The number of nitrogens with one attached hydrogen (secondary N) is 1. The summed E-state index contributed by atoms with van der Waals surface area (Å²) in [5.41, 5.74) is 0.478. The Labute approximate surface area is 153 Å². The van der Waals surface area contributed by atoms with E-state index in [1.807, 2.05) is 36.4 Å². The van der Waals surface area contributed by atoms with E-state index in [-0.39, 0.29) is 15.9 Å². The quantitative estimate of drug-likeness (QED) is 0.544. The number of pyridine rings is 1. The van der Waals surface area contributed by atoms with Crippen molar-refractivity contribution in [2.24, 2.45) is 0 Å². The molecule has 0 radical (unpaired) electrons.